The predicted molar refractivity (Wildman–Crippen MR) is 173 cm³/mol. The summed E-state index contributed by atoms with van der Waals surface area (Å²) >= 11 is 0. The smallest absolute Gasteiger partial charge is 0.342 e. The van der Waals surface area contributed by atoms with Crippen molar-refractivity contribution in [3.8, 4) is 11.5 Å². The van der Waals surface area contributed by atoms with E-state index in [1.54, 1.807) is 41.5 Å². The van der Waals surface area contributed by atoms with Crippen LogP contribution in [0.4, 0.5) is 20.2 Å². The zero-order chi connectivity index (χ0) is 36.7. The molecule has 258 valence electrons. The molecule has 14 heteroatoms. The molecule has 0 heterocycles. The molecule has 4 aromatic carbocycles. The van der Waals surface area contributed by atoms with Crippen molar-refractivity contribution in [3.05, 3.63) is 139 Å². The highest BCUT2D eigenvalue weighted by atomic mass is 19.1. The Morgan fingerprint density at radius 1 is 0.653 bits per heavy atom. The average Bonchev–Trinajstić information content (AvgIpc) is 2.99. The molecule has 12 nitrogen and oxygen atoms in total. The molecule has 0 saturated carbocycles. The summed E-state index contributed by atoms with van der Waals surface area (Å²) in [5, 5.41) is 31.2. The molecule has 0 unspecified atom stereocenters. The number of halogens is 2. The Hall–Kier alpha value is -5.92. The second-order valence-electron chi connectivity index (χ2n) is 12.5. The molecule has 0 aliphatic rings. The molecule has 1 N–H and O–H groups in total. The number of esters is 2. The van der Waals surface area contributed by atoms with E-state index in [4.69, 9.17) is 14.2 Å². The van der Waals surface area contributed by atoms with E-state index >= 15 is 0 Å². The van der Waals surface area contributed by atoms with Crippen molar-refractivity contribution in [3.63, 3.8) is 0 Å². The van der Waals surface area contributed by atoms with Crippen molar-refractivity contribution < 1.29 is 47.5 Å². The lowest BCUT2D eigenvalue weighted by molar-refractivity contribution is -0.385. The van der Waals surface area contributed by atoms with Crippen LogP contribution < -0.4 is 4.74 Å². The topological polar surface area (TPSA) is 168 Å². The first kappa shape index (κ1) is 37.5. The predicted octanol–water partition coefficient (Wildman–Crippen LogP) is 8.25. The minimum absolute atomic E-state index is 0.0310. The Morgan fingerprint density at radius 2 is 1.04 bits per heavy atom. The zero-order valence-electron chi connectivity index (χ0n) is 27.4. The number of aromatic hydroxyl groups is 1. The molecule has 0 saturated heterocycles. The lowest BCUT2D eigenvalue weighted by Gasteiger charge is -2.23. The van der Waals surface area contributed by atoms with Gasteiger partial charge in [0.25, 0.3) is 11.4 Å². The van der Waals surface area contributed by atoms with Gasteiger partial charge in [0.1, 0.15) is 51.6 Å². The largest absolute Gasteiger partial charge is 0.507 e. The Balaban J connectivity index is 0.000000323. The number of phenols is 1. The number of carbonyl (C=O) groups is 2. The number of rotatable bonds is 8. The number of phenolic OH excluding ortho intramolecular Hbond substituents is 1. The van der Waals surface area contributed by atoms with Gasteiger partial charge in [-0.3, -0.25) is 20.2 Å². The van der Waals surface area contributed by atoms with E-state index in [1.807, 2.05) is 0 Å². The van der Waals surface area contributed by atoms with Gasteiger partial charge in [0.15, 0.2) is 0 Å². The van der Waals surface area contributed by atoms with Crippen LogP contribution >= 0.6 is 0 Å². The van der Waals surface area contributed by atoms with E-state index in [9.17, 15) is 43.7 Å². The molecule has 4 rings (SSSR count). The average molecular weight is 681 g/mol. The molecular weight excluding hydrogens is 646 g/mol. The fourth-order valence-electron chi connectivity index (χ4n) is 4.09. The third-order valence-electron chi connectivity index (χ3n) is 6.19. The number of hydrogen-bond donors (Lipinski definition) is 1. The second kappa shape index (κ2) is 15.3. The monoisotopic (exact) mass is 680 g/mol. The maximum Gasteiger partial charge on any atom is 0.342 e. The number of ether oxygens (including phenoxy) is 3. The number of nitrogens with zero attached hydrogens (tertiary/aromatic N) is 2. The molecule has 0 aliphatic carbocycles. The van der Waals surface area contributed by atoms with Crippen LogP contribution in [0.15, 0.2) is 84.9 Å². The second-order valence-corrected chi connectivity index (χ2v) is 12.5. The third kappa shape index (κ3) is 11.1. The Bertz CT molecular complexity index is 1790. The van der Waals surface area contributed by atoms with Crippen LogP contribution in [-0.2, 0) is 9.47 Å². The van der Waals surface area contributed by atoms with Crippen molar-refractivity contribution in [2.45, 2.75) is 58.8 Å². The number of hydrogen-bond acceptors (Lipinski definition) is 10. The van der Waals surface area contributed by atoms with Gasteiger partial charge >= 0.3 is 11.9 Å². The molecule has 0 aromatic heterocycles. The highest BCUT2D eigenvalue weighted by molar-refractivity contribution is 5.94. The normalized spacial score (nSPS) is 11.2. The molecule has 0 spiro atoms. The number of nitro groups is 2. The van der Waals surface area contributed by atoms with E-state index in [0.717, 1.165) is 24.3 Å². The summed E-state index contributed by atoms with van der Waals surface area (Å²) in [7, 11) is 0. The summed E-state index contributed by atoms with van der Waals surface area (Å²) in [5.74, 6) is -2.80. The first-order valence-electron chi connectivity index (χ1n) is 14.6. The van der Waals surface area contributed by atoms with Crippen molar-refractivity contribution >= 4 is 23.3 Å². The van der Waals surface area contributed by atoms with Crippen LogP contribution in [0.1, 0.15) is 79.5 Å². The Morgan fingerprint density at radius 3 is 1.45 bits per heavy atom. The maximum absolute atomic E-state index is 13.5. The van der Waals surface area contributed by atoms with Gasteiger partial charge in [-0.05, 0) is 89.1 Å². The molecule has 0 atom stereocenters. The summed E-state index contributed by atoms with van der Waals surface area (Å²) in [6.07, 6.45) is -0.848. The standard InChI is InChI=1S/C24H21F2NO5.C11H13NO5/c1-24(2,3)32-23(28)20-14-19(27(29)30)12-13-21(20)31-22(15-4-8-17(25)9-5-15)16-6-10-18(26)11-7-16;1-11(2,3)17-10(14)8-6-7(12(15)16)4-5-9(8)13/h4-14,22H,1-3H3;4-6,13H,1-3H3. The molecule has 0 bridgehead atoms. The zero-order valence-corrected chi connectivity index (χ0v) is 27.4. The molecule has 0 radical (unpaired) electrons. The summed E-state index contributed by atoms with van der Waals surface area (Å²) < 4.78 is 43.4. The van der Waals surface area contributed by atoms with Crippen molar-refractivity contribution in [2.24, 2.45) is 0 Å². The molecule has 0 amide bonds. The Kier molecular flexibility index (Phi) is 11.7. The van der Waals surface area contributed by atoms with Gasteiger partial charge in [-0.25, -0.2) is 18.4 Å². The highest BCUT2D eigenvalue weighted by Gasteiger charge is 2.27. The summed E-state index contributed by atoms with van der Waals surface area (Å²) in [6, 6.07) is 17.8. The van der Waals surface area contributed by atoms with Crippen LogP contribution in [0.25, 0.3) is 0 Å². The van der Waals surface area contributed by atoms with Crippen LogP contribution in [0.5, 0.6) is 11.5 Å². The van der Waals surface area contributed by atoms with Crippen LogP contribution in [-0.4, -0.2) is 38.1 Å². The molecule has 0 fully saturated rings. The summed E-state index contributed by atoms with van der Waals surface area (Å²) in [4.78, 5) is 44.9. The molecule has 4 aromatic rings. The lowest BCUT2D eigenvalue weighted by atomic mass is 10.0. The van der Waals surface area contributed by atoms with Gasteiger partial charge < -0.3 is 19.3 Å². The van der Waals surface area contributed by atoms with Crippen LogP contribution in [0, 0.1) is 31.9 Å². The van der Waals surface area contributed by atoms with E-state index in [-0.39, 0.29) is 34.0 Å². The molecular formula is C35H34F2N2O10. The van der Waals surface area contributed by atoms with E-state index in [0.29, 0.717) is 11.1 Å². The van der Waals surface area contributed by atoms with Gasteiger partial charge in [-0.1, -0.05) is 24.3 Å². The summed E-state index contributed by atoms with van der Waals surface area (Å²) in [5.41, 5.74) is -1.43. The fraction of sp³-hybridized carbons (Fsp3) is 0.257. The van der Waals surface area contributed by atoms with Crippen molar-refractivity contribution in [2.75, 3.05) is 0 Å². The Labute approximate surface area is 280 Å². The third-order valence-corrected chi connectivity index (χ3v) is 6.19. The van der Waals surface area contributed by atoms with Crippen LogP contribution in [0.3, 0.4) is 0 Å². The van der Waals surface area contributed by atoms with E-state index in [1.165, 1.54) is 60.7 Å². The number of nitro benzene ring substituents is 2. The lowest BCUT2D eigenvalue weighted by Crippen LogP contribution is -2.24. The van der Waals surface area contributed by atoms with Gasteiger partial charge in [-0.15, -0.1) is 0 Å². The summed E-state index contributed by atoms with van der Waals surface area (Å²) in [6.45, 7) is 10.0. The van der Waals surface area contributed by atoms with Gasteiger partial charge in [0.05, 0.1) is 9.85 Å². The van der Waals surface area contributed by atoms with Crippen molar-refractivity contribution in [1.82, 2.24) is 0 Å². The minimum atomic E-state index is -0.848. The quantitative estimate of drug-likeness (QED) is 0.109. The van der Waals surface area contributed by atoms with E-state index < -0.39 is 50.7 Å². The molecule has 0 aliphatic heterocycles. The maximum atomic E-state index is 13.5. The first-order valence-corrected chi connectivity index (χ1v) is 14.6. The van der Waals surface area contributed by atoms with Crippen molar-refractivity contribution in [1.29, 1.82) is 0 Å². The van der Waals surface area contributed by atoms with Gasteiger partial charge in [-0.2, -0.15) is 0 Å². The SMILES string of the molecule is CC(C)(C)OC(=O)c1cc([N+](=O)[O-])ccc1O.CC(C)(C)OC(=O)c1cc([N+](=O)[O-])ccc1OC(c1ccc(F)cc1)c1ccc(F)cc1. The number of benzene rings is 4. The van der Waals surface area contributed by atoms with E-state index in [2.05, 4.69) is 0 Å². The number of carbonyl (C=O) groups excluding carboxylic acids is 2. The van der Waals surface area contributed by atoms with Crippen LogP contribution in [0.2, 0.25) is 0 Å². The van der Waals surface area contributed by atoms with Gasteiger partial charge in [0.2, 0.25) is 0 Å². The minimum Gasteiger partial charge on any atom is -0.507 e. The first-order chi connectivity index (χ1) is 22.7. The fourth-order valence-corrected chi connectivity index (χ4v) is 4.09. The van der Waals surface area contributed by atoms with Gasteiger partial charge in [0, 0.05) is 24.3 Å². The molecule has 49 heavy (non-hydrogen) atoms. The number of non-ortho nitro benzene ring substituents is 2. The highest BCUT2D eigenvalue weighted by Crippen LogP contribution is 2.34.